The first-order valence-electron chi connectivity index (χ1n) is 8.78. The highest BCUT2D eigenvalue weighted by molar-refractivity contribution is 5.88. The predicted molar refractivity (Wildman–Crippen MR) is 97.3 cm³/mol. The smallest absolute Gasteiger partial charge is 0.243 e. The van der Waals surface area contributed by atoms with Crippen LogP contribution in [0.3, 0.4) is 0 Å². The Bertz CT molecular complexity index is 764. The Labute approximate surface area is 153 Å². The molecule has 1 aliphatic rings. The zero-order valence-electron chi connectivity index (χ0n) is 14.9. The van der Waals surface area contributed by atoms with E-state index in [1.165, 1.54) is 0 Å². The van der Waals surface area contributed by atoms with Crippen LogP contribution in [0.15, 0.2) is 48.7 Å². The van der Waals surface area contributed by atoms with E-state index < -0.39 is 0 Å². The number of carbonyl (C=O) groups is 2. The molecule has 6 heteroatoms. The maximum absolute atomic E-state index is 12.4. The van der Waals surface area contributed by atoms with Gasteiger partial charge < -0.3 is 15.0 Å². The molecule has 2 aromatic rings. The second kappa shape index (κ2) is 8.47. The average Bonchev–Trinajstić information content (AvgIpc) is 2.68. The van der Waals surface area contributed by atoms with Gasteiger partial charge in [0, 0.05) is 32.3 Å². The first-order chi connectivity index (χ1) is 12.6. The van der Waals surface area contributed by atoms with E-state index >= 15 is 0 Å². The fourth-order valence-corrected chi connectivity index (χ4v) is 2.98. The maximum atomic E-state index is 12.4. The number of ether oxygens (including phenoxy) is 1. The van der Waals surface area contributed by atoms with Crippen molar-refractivity contribution in [2.75, 3.05) is 7.05 Å². The Hall–Kier alpha value is -2.89. The van der Waals surface area contributed by atoms with E-state index in [-0.39, 0.29) is 17.9 Å². The van der Waals surface area contributed by atoms with Gasteiger partial charge in [0.05, 0.1) is 0 Å². The molecule has 0 radical (unpaired) electrons. The van der Waals surface area contributed by atoms with Gasteiger partial charge in [0.15, 0.2) is 0 Å². The van der Waals surface area contributed by atoms with E-state index in [4.69, 9.17) is 4.74 Å². The van der Waals surface area contributed by atoms with Crippen LogP contribution < -0.4 is 10.1 Å². The lowest BCUT2D eigenvalue weighted by atomic mass is 10.0. The third-order valence-corrected chi connectivity index (χ3v) is 4.53. The number of carbonyl (C=O) groups excluding carboxylic acids is 2. The van der Waals surface area contributed by atoms with Crippen LogP contribution in [0.1, 0.15) is 30.4 Å². The first kappa shape index (κ1) is 17.9. The third kappa shape index (κ3) is 4.59. The van der Waals surface area contributed by atoms with E-state index in [1.54, 1.807) is 18.1 Å². The van der Waals surface area contributed by atoms with Crippen molar-refractivity contribution in [3.05, 3.63) is 59.8 Å². The summed E-state index contributed by atoms with van der Waals surface area (Å²) in [6.07, 6.45) is 3.65. The molecule has 136 valence electrons. The van der Waals surface area contributed by atoms with Crippen LogP contribution in [0.4, 0.5) is 0 Å². The van der Waals surface area contributed by atoms with E-state index in [0.717, 1.165) is 17.5 Å². The summed E-state index contributed by atoms with van der Waals surface area (Å²) in [5, 5.41) is 2.90. The molecule has 3 rings (SSSR count). The van der Waals surface area contributed by atoms with Gasteiger partial charge in [-0.25, -0.2) is 4.98 Å². The standard InChI is InChI=1S/C20H23N3O3/c1-23-17(8-5-9-19(23)24)20(25)22-13-16-10-11-21-18(12-16)26-14-15-6-3-2-4-7-15/h2-4,6-7,10-12,17H,5,8-9,13-14H2,1H3,(H,22,25). The summed E-state index contributed by atoms with van der Waals surface area (Å²) < 4.78 is 5.71. The first-order valence-corrected chi connectivity index (χ1v) is 8.78. The Morgan fingerprint density at radius 1 is 1.27 bits per heavy atom. The molecular weight excluding hydrogens is 330 g/mol. The number of likely N-dealkylation sites (tertiary alicyclic amines) is 1. The Morgan fingerprint density at radius 3 is 2.88 bits per heavy atom. The highest BCUT2D eigenvalue weighted by Gasteiger charge is 2.30. The Balaban J connectivity index is 1.53. The fourth-order valence-electron chi connectivity index (χ4n) is 2.98. The number of hydrogen-bond donors (Lipinski definition) is 1. The molecule has 0 bridgehead atoms. The Morgan fingerprint density at radius 2 is 2.08 bits per heavy atom. The van der Waals surface area contributed by atoms with Gasteiger partial charge in [-0.05, 0) is 30.0 Å². The minimum Gasteiger partial charge on any atom is -0.473 e. The third-order valence-electron chi connectivity index (χ3n) is 4.53. The summed E-state index contributed by atoms with van der Waals surface area (Å²) in [6.45, 7) is 0.820. The lowest BCUT2D eigenvalue weighted by molar-refractivity contribution is -0.142. The van der Waals surface area contributed by atoms with Crippen molar-refractivity contribution in [2.24, 2.45) is 0 Å². The summed E-state index contributed by atoms with van der Waals surface area (Å²) in [7, 11) is 1.69. The van der Waals surface area contributed by atoms with Gasteiger partial charge in [0.25, 0.3) is 0 Å². The quantitative estimate of drug-likeness (QED) is 0.865. The number of nitrogens with zero attached hydrogens (tertiary/aromatic N) is 2. The molecule has 6 nitrogen and oxygen atoms in total. The number of rotatable bonds is 6. The fraction of sp³-hybridized carbons (Fsp3) is 0.350. The van der Waals surface area contributed by atoms with Crippen LogP contribution >= 0.6 is 0 Å². The van der Waals surface area contributed by atoms with Crippen LogP contribution in [0, 0.1) is 0 Å². The highest BCUT2D eigenvalue weighted by Crippen LogP contribution is 2.17. The van der Waals surface area contributed by atoms with Crippen molar-refractivity contribution in [1.82, 2.24) is 15.2 Å². The molecule has 0 saturated carbocycles. The predicted octanol–water partition coefficient (Wildman–Crippen LogP) is 2.29. The second-order valence-corrected chi connectivity index (χ2v) is 6.41. The summed E-state index contributed by atoms with van der Waals surface area (Å²) in [4.78, 5) is 29.9. The zero-order valence-corrected chi connectivity index (χ0v) is 14.9. The van der Waals surface area contributed by atoms with Crippen molar-refractivity contribution in [1.29, 1.82) is 0 Å². The maximum Gasteiger partial charge on any atom is 0.243 e. The van der Waals surface area contributed by atoms with Crippen LogP contribution in [-0.4, -0.2) is 34.8 Å². The van der Waals surface area contributed by atoms with E-state index in [0.29, 0.717) is 31.9 Å². The number of likely N-dealkylation sites (N-methyl/N-ethyl adjacent to an activating group) is 1. The molecule has 1 fully saturated rings. The molecule has 0 spiro atoms. The van der Waals surface area contributed by atoms with Crippen molar-refractivity contribution in [3.8, 4) is 5.88 Å². The van der Waals surface area contributed by atoms with Crippen LogP contribution in [0.2, 0.25) is 0 Å². The van der Waals surface area contributed by atoms with Crippen molar-refractivity contribution in [3.63, 3.8) is 0 Å². The van der Waals surface area contributed by atoms with Gasteiger partial charge in [0.2, 0.25) is 17.7 Å². The minimum atomic E-state index is -0.383. The van der Waals surface area contributed by atoms with Gasteiger partial charge in [-0.2, -0.15) is 0 Å². The number of piperidine rings is 1. The van der Waals surface area contributed by atoms with Gasteiger partial charge in [-0.3, -0.25) is 9.59 Å². The molecule has 1 aromatic carbocycles. The average molecular weight is 353 g/mol. The SMILES string of the molecule is CN1C(=O)CCCC1C(=O)NCc1ccnc(OCc2ccccc2)c1. The van der Waals surface area contributed by atoms with Crippen molar-refractivity contribution >= 4 is 11.8 Å². The van der Waals surface area contributed by atoms with Crippen molar-refractivity contribution < 1.29 is 14.3 Å². The second-order valence-electron chi connectivity index (χ2n) is 6.41. The molecule has 2 amide bonds. The molecule has 1 atom stereocenters. The zero-order chi connectivity index (χ0) is 18.4. The minimum absolute atomic E-state index is 0.0249. The van der Waals surface area contributed by atoms with Crippen LogP contribution in [0.5, 0.6) is 5.88 Å². The van der Waals surface area contributed by atoms with Crippen molar-refractivity contribution in [2.45, 2.75) is 38.5 Å². The molecule has 1 aromatic heterocycles. The van der Waals surface area contributed by atoms with E-state index in [9.17, 15) is 9.59 Å². The van der Waals surface area contributed by atoms with E-state index in [1.807, 2.05) is 42.5 Å². The number of benzene rings is 1. The largest absolute Gasteiger partial charge is 0.473 e. The normalized spacial score (nSPS) is 17.0. The lowest BCUT2D eigenvalue weighted by Crippen LogP contribution is -2.49. The summed E-state index contributed by atoms with van der Waals surface area (Å²) in [6, 6.07) is 13.1. The summed E-state index contributed by atoms with van der Waals surface area (Å²) >= 11 is 0. The summed E-state index contributed by atoms with van der Waals surface area (Å²) in [5.74, 6) is 0.423. The number of hydrogen-bond acceptors (Lipinski definition) is 4. The molecule has 1 N–H and O–H groups in total. The number of aromatic nitrogens is 1. The van der Waals surface area contributed by atoms with Crippen LogP contribution in [-0.2, 0) is 22.7 Å². The van der Waals surface area contributed by atoms with Gasteiger partial charge in [-0.1, -0.05) is 30.3 Å². The van der Waals surface area contributed by atoms with E-state index in [2.05, 4.69) is 10.3 Å². The highest BCUT2D eigenvalue weighted by atomic mass is 16.5. The van der Waals surface area contributed by atoms with Gasteiger partial charge >= 0.3 is 0 Å². The molecule has 2 heterocycles. The summed E-state index contributed by atoms with van der Waals surface area (Å²) in [5.41, 5.74) is 1.97. The molecule has 0 aliphatic carbocycles. The molecule has 1 unspecified atom stereocenters. The Kier molecular flexibility index (Phi) is 5.84. The molecule has 1 aliphatic heterocycles. The van der Waals surface area contributed by atoms with Crippen LogP contribution in [0.25, 0.3) is 0 Å². The van der Waals surface area contributed by atoms with Gasteiger partial charge in [-0.15, -0.1) is 0 Å². The molecular formula is C20H23N3O3. The lowest BCUT2D eigenvalue weighted by Gasteiger charge is -2.31. The number of amides is 2. The topological polar surface area (TPSA) is 71.5 Å². The van der Waals surface area contributed by atoms with Gasteiger partial charge in [0.1, 0.15) is 12.6 Å². The molecule has 26 heavy (non-hydrogen) atoms. The number of nitrogens with one attached hydrogen (secondary N) is 1. The number of pyridine rings is 1. The molecule has 1 saturated heterocycles. The monoisotopic (exact) mass is 353 g/mol.